The highest BCUT2D eigenvalue weighted by molar-refractivity contribution is 5.90. The predicted molar refractivity (Wildman–Crippen MR) is 90.4 cm³/mol. The van der Waals surface area contributed by atoms with E-state index in [0.29, 0.717) is 13.1 Å². The molecule has 3 heterocycles. The fraction of sp³-hybridized carbons (Fsp3) is 0.579. The van der Waals surface area contributed by atoms with Crippen LogP contribution in [0.2, 0.25) is 0 Å². The van der Waals surface area contributed by atoms with E-state index in [1.165, 1.54) is 11.1 Å². The van der Waals surface area contributed by atoms with E-state index in [0.717, 1.165) is 12.8 Å². The molecular formula is C19H25NO4. The zero-order chi connectivity index (χ0) is 17.5. The lowest BCUT2D eigenvalue weighted by atomic mass is 9.77. The highest BCUT2D eigenvalue weighted by Crippen LogP contribution is 2.51. The van der Waals surface area contributed by atoms with Crippen LogP contribution in [0.3, 0.4) is 0 Å². The third-order valence-electron chi connectivity index (χ3n) is 5.22. The van der Waals surface area contributed by atoms with E-state index in [2.05, 4.69) is 32.9 Å². The number of amides is 1. The fourth-order valence-corrected chi connectivity index (χ4v) is 3.97. The first-order chi connectivity index (χ1) is 11.3. The number of carbonyl (C=O) groups is 2. The van der Waals surface area contributed by atoms with Gasteiger partial charge in [0.05, 0.1) is 18.6 Å². The van der Waals surface area contributed by atoms with Crippen molar-refractivity contribution in [3.05, 3.63) is 35.5 Å². The Hall–Kier alpha value is -1.88. The fourth-order valence-electron chi connectivity index (χ4n) is 3.97. The van der Waals surface area contributed by atoms with Crippen LogP contribution in [0.4, 0.5) is 0 Å². The number of carbonyl (C=O) groups excluding carboxylic acids is 1. The van der Waals surface area contributed by atoms with Crippen molar-refractivity contribution in [2.24, 2.45) is 11.8 Å². The van der Waals surface area contributed by atoms with Crippen LogP contribution in [0, 0.1) is 11.8 Å². The largest absolute Gasteiger partial charge is 0.481 e. The van der Waals surface area contributed by atoms with Crippen molar-refractivity contribution in [2.75, 3.05) is 13.1 Å². The number of carboxylic acids is 1. The van der Waals surface area contributed by atoms with Gasteiger partial charge in [-0.15, -0.1) is 0 Å². The zero-order valence-electron chi connectivity index (χ0n) is 14.5. The molecule has 2 fully saturated rings. The number of allylic oxidation sites excluding steroid dienone is 3. The van der Waals surface area contributed by atoms with Crippen LogP contribution in [0.25, 0.3) is 0 Å². The minimum atomic E-state index is -0.945. The number of fused-ring (bicyclic) bond motifs is 1. The Bertz CT molecular complexity index is 644. The second-order valence-corrected chi connectivity index (χ2v) is 7.33. The monoisotopic (exact) mass is 331 g/mol. The number of carboxylic acid groups (broad SMARTS) is 1. The van der Waals surface area contributed by atoms with Crippen molar-refractivity contribution in [1.29, 1.82) is 0 Å². The van der Waals surface area contributed by atoms with Gasteiger partial charge in [-0.1, -0.05) is 35.5 Å². The quantitative estimate of drug-likeness (QED) is 0.760. The summed E-state index contributed by atoms with van der Waals surface area (Å²) < 4.78 is 5.87. The summed E-state index contributed by atoms with van der Waals surface area (Å²) in [5.74, 6) is -2.37. The Labute approximate surface area is 142 Å². The van der Waals surface area contributed by atoms with E-state index >= 15 is 0 Å². The van der Waals surface area contributed by atoms with Gasteiger partial charge in [-0.2, -0.15) is 0 Å². The molecule has 0 saturated carbocycles. The van der Waals surface area contributed by atoms with Crippen molar-refractivity contribution in [3.8, 4) is 0 Å². The van der Waals surface area contributed by atoms with Crippen LogP contribution < -0.4 is 0 Å². The third kappa shape index (κ3) is 2.81. The van der Waals surface area contributed by atoms with Gasteiger partial charge in [-0.25, -0.2) is 0 Å². The van der Waals surface area contributed by atoms with Gasteiger partial charge in [-0.3, -0.25) is 9.59 Å². The smallest absolute Gasteiger partial charge is 0.310 e. The summed E-state index contributed by atoms with van der Waals surface area (Å²) in [7, 11) is 0. The SMILES string of the molecule is CC(C)=CCCC(C)=CCN1C[C@@]23C=C[C@H](O2)[C@H](C(=O)O)[C@@H]3C1=O. The molecular weight excluding hydrogens is 306 g/mol. The topological polar surface area (TPSA) is 66.8 Å². The number of rotatable bonds is 6. The van der Waals surface area contributed by atoms with Crippen molar-refractivity contribution >= 4 is 11.9 Å². The maximum atomic E-state index is 12.7. The molecule has 1 amide bonds. The molecule has 0 unspecified atom stereocenters. The Morgan fingerprint density at radius 2 is 2.17 bits per heavy atom. The molecule has 5 nitrogen and oxygen atoms in total. The van der Waals surface area contributed by atoms with Gasteiger partial charge >= 0.3 is 5.97 Å². The summed E-state index contributed by atoms with van der Waals surface area (Å²) in [5, 5.41) is 9.44. The molecule has 2 saturated heterocycles. The molecule has 3 rings (SSSR count). The third-order valence-corrected chi connectivity index (χ3v) is 5.22. The lowest BCUT2D eigenvalue weighted by Gasteiger charge is -2.21. The standard InChI is InChI=1S/C19H25NO4/c1-12(2)5-4-6-13(3)8-10-20-11-19-9-7-14(24-19)15(18(22)23)16(19)17(20)21/h5,7-9,14-16H,4,6,10-11H2,1-3H3,(H,22,23)/t14-,15-,16+,19+/m0/s1. The molecule has 130 valence electrons. The number of hydrogen-bond donors (Lipinski definition) is 1. The molecule has 0 aliphatic carbocycles. The van der Waals surface area contributed by atoms with E-state index in [1.807, 2.05) is 6.08 Å². The van der Waals surface area contributed by atoms with E-state index in [9.17, 15) is 14.7 Å². The molecule has 3 aliphatic heterocycles. The second-order valence-electron chi connectivity index (χ2n) is 7.33. The van der Waals surface area contributed by atoms with Crippen LogP contribution in [0.15, 0.2) is 35.5 Å². The van der Waals surface area contributed by atoms with Crippen LogP contribution >= 0.6 is 0 Å². The molecule has 1 spiro atoms. The minimum Gasteiger partial charge on any atom is -0.481 e. The molecule has 2 bridgehead atoms. The van der Waals surface area contributed by atoms with Crippen molar-refractivity contribution in [1.82, 2.24) is 4.90 Å². The van der Waals surface area contributed by atoms with Gasteiger partial charge in [0, 0.05) is 6.54 Å². The van der Waals surface area contributed by atoms with Crippen LogP contribution in [0.1, 0.15) is 33.6 Å². The minimum absolute atomic E-state index is 0.0948. The second kappa shape index (κ2) is 6.20. The van der Waals surface area contributed by atoms with Gasteiger partial charge in [0.25, 0.3) is 0 Å². The lowest BCUT2D eigenvalue weighted by Crippen LogP contribution is -2.39. The van der Waals surface area contributed by atoms with Crippen LogP contribution in [-0.2, 0) is 14.3 Å². The summed E-state index contributed by atoms with van der Waals surface area (Å²) in [5.41, 5.74) is 1.82. The lowest BCUT2D eigenvalue weighted by molar-refractivity contribution is -0.147. The van der Waals surface area contributed by atoms with Gasteiger partial charge in [0.1, 0.15) is 11.5 Å². The summed E-state index contributed by atoms with van der Waals surface area (Å²) in [6, 6.07) is 0. The van der Waals surface area contributed by atoms with Crippen LogP contribution in [-0.4, -0.2) is 46.7 Å². The number of ether oxygens (including phenoxy) is 1. The molecule has 4 atom stereocenters. The Morgan fingerprint density at radius 1 is 1.42 bits per heavy atom. The first-order valence-electron chi connectivity index (χ1n) is 8.52. The molecule has 0 aromatic rings. The summed E-state index contributed by atoms with van der Waals surface area (Å²) in [6.45, 7) is 7.21. The summed E-state index contributed by atoms with van der Waals surface area (Å²) in [6.07, 6.45) is 9.48. The Balaban J connectivity index is 1.66. The maximum Gasteiger partial charge on any atom is 0.310 e. The van der Waals surface area contributed by atoms with Gasteiger partial charge < -0.3 is 14.7 Å². The average molecular weight is 331 g/mol. The summed E-state index contributed by atoms with van der Waals surface area (Å²) >= 11 is 0. The predicted octanol–water partition coefficient (Wildman–Crippen LogP) is 2.55. The van der Waals surface area contributed by atoms with Gasteiger partial charge in [0.15, 0.2) is 0 Å². The molecule has 0 radical (unpaired) electrons. The van der Waals surface area contributed by atoms with E-state index in [4.69, 9.17) is 4.74 Å². The van der Waals surface area contributed by atoms with E-state index in [1.54, 1.807) is 11.0 Å². The number of nitrogens with zero attached hydrogens (tertiary/aromatic N) is 1. The highest BCUT2D eigenvalue weighted by atomic mass is 16.5. The zero-order valence-corrected chi connectivity index (χ0v) is 14.5. The number of likely N-dealkylation sites (tertiary alicyclic amines) is 1. The van der Waals surface area contributed by atoms with Crippen LogP contribution in [0.5, 0.6) is 0 Å². The maximum absolute atomic E-state index is 12.7. The first-order valence-corrected chi connectivity index (χ1v) is 8.52. The molecule has 1 N–H and O–H groups in total. The van der Waals surface area contributed by atoms with Gasteiger partial charge in [-0.05, 0) is 33.6 Å². The first kappa shape index (κ1) is 17.0. The molecule has 0 aromatic carbocycles. The average Bonchev–Trinajstić information content (AvgIpc) is 3.13. The molecule has 3 aliphatic rings. The van der Waals surface area contributed by atoms with Crippen molar-refractivity contribution in [3.63, 3.8) is 0 Å². The Morgan fingerprint density at radius 3 is 2.83 bits per heavy atom. The van der Waals surface area contributed by atoms with Crippen molar-refractivity contribution in [2.45, 2.75) is 45.3 Å². The normalized spacial score (nSPS) is 34.0. The molecule has 24 heavy (non-hydrogen) atoms. The summed E-state index contributed by atoms with van der Waals surface area (Å²) in [4.78, 5) is 26.0. The van der Waals surface area contributed by atoms with Crippen molar-refractivity contribution < 1.29 is 19.4 Å². The van der Waals surface area contributed by atoms with E-state index < -0.39 is 29.5 Å². The highest BCUT2D eigenvalue weighted by Gasteiger charge is 2.66. The van der Waals surface area contributed by atoms with Gasteiger partial charge in [0.2, 0.25) is 5.91 Å². The number of hydrogen-bond acceptors (Lipinski definition) is 3. The number of aliphatic carboxylic acids is 1. The van der Waals surface area contributed by atoms with E-state index in [-0.39, 0.29) is 5.91 Å². The molecule has 5 heteroatoms. The Kier molecular flexibility index (Phi) is 4.38. The molecule has 0 aromatic heterocycles.